The molecule has 0 aromatic heterocycles. The molecule has 284 valence electrons. The summed E-state index contributed by atoms with van der Waals surface area (Å²) in [6.07, 6.45) is -11.7. The molecule has 3 aromatic rings. The van der Waals surface area contributed by atoms with Crippen LogP contribution in [0.1, 0.15) is 46.7 Å². The summed E-state index contributed by atoms with van der Waals surface area (Å²) >= 11 is 0. The molecule has 0 spiro atoms. The Morgan fingerprint density at radius 3 is 2.06 bits per heavy atom. The summed E-state index contributed by atoms with van der Waals surface area (Å²) in [6, 6.07) is 15.3. The number of benzene rings is 3. The van der Waals surface area contributed by atoms with Gasteiger partial charge < -0.3 is 25.2 Å². The van der Waals surface area contributed by atoms with Gasteiger partial charge in [0.25, 0.3) is 0 Å². The molecule has 0 aliphatic carbocycles. The van der Waals surface area contributed by atoms with E-state index in [9.17, 15) is 45.5 Å². The normalized spacial score (nSPS) is 19.2. The Bertz CT molecular complexity index is 1760. The predicted octanol–water partition coefficient (Wildman–Crippen LogP) is 6.12. The summed E-state index contributed by atoms with van der Waals surface area (Å²) in [5.41, 5.74) is -1.23. The first-order chi connectivity index (χ1) is 25.0. The number of urea groups is 1. The number of fused-ring (bicyclic) bond motifs is 1. The molecule has 2 aliphatic heterocycles. The summed E-state index contributed by atoms with van der Waals surface area (Å²) < 4.78 is 86.7. The predicted molar refractivity (Wildman–Crippen MR) is 180 cm³/mol. The molecule has 5 rings (SSSR count). The smallest absolute Gasteiger partial charge is 0.416 e. The van der Waals surface area contributed by atoms with Gasteiger partial charge in [0.05, 0.1) is 23.6 Å². The second kappa shape index (κ2) is 16.2. The van der Waals surface area contributed by atoms with E-state index < -0.39 is 77.7 Å². The van der Waals surface area contributed by atoms with Crippen molar-refractivity contribution in [1.29, 1.82) is 0 Å². The molecule has 3 aromatic carbocycles. The van der Waals surface area contributed by atoms with Gasteiger partial charge in [-0.2, -0.15) is 26.3 Å². The van der Waals surface area contributed by atoms with Crippen molar-refractivity contribution in [2.45, 2.75) is 64.4 Å². The zero-order valence-corrected chi connectivity index (χ0v) is 29.0. The van der Waals surface area contributed by atoms with Crippen molar-refractivity contribution in [1.82, 2.24) is 25.3 Å². The number of ether oxygens (including phenoxy) is 1. The molecular weight excluding hydrogens is 708 g/mol. The number of nitrogens with zero attached hydrogens (tertiary/aromatic N) is 3. The summed E-state index contributed by atoms with van der Waals surface area (Å²) in [5, 5.41) is 5.29. The molecule has 16 heteroatoms. The zero-order chi connectivity index (χ0) is 38.5. The van der Waals surface area contributed by atoms with Gasteiger partial charge in [-0.15, -0.1) is 0 Å². The SMILES string of the molecule is CCCNC(=O)NC[C@H]1C(=O)N(Cc2ccccc2)C[C@@H]2N(C(=O)OCc3cc(C(F)(F)F)cc(C(F)(F)F)c3)C[C@H](Cc3ccc(C)cc3)C(=O)N21. The number of rotatable bonds is 10. The van der Waals surface area contributed by atoms with E-state index in [1.165, 1.54) is 14.7 Å². The van der Waals surface area contributed by atoms with E-state index in [-0.39, 0.29) is 38.7 Å². The monoisotopic (exact) mass is 747 g/mol. The maximum atomic E-state index is 14.3. The lowest BCUT2D eigenvalue weighted by molar-refractivity contribution is -0.172. The fraction of sp³-hybridized carbons (Fsp3) is 0.405. The summed E-state index contributed by atoms with van der Waals surface area (Å²) in [7, 11) is 0. The van der Waals surface area contributed by atoms with E-state index in [0.717, 1.165) is 16.7 Å². The third-order valence-electron chi connectivity index (χ3n) is 9.07. The standard InChI is InChI=1S/C37H39F6N5O5/c1-3-13-44-34(51)45-18-30-33(50)46(19-25-7-5-4-6-8-25)21-31-47(20-27(32(49)48(30)31)14-24-11-9-23(2)10-12-24)35(52)53-22-26-15-28(36(38,39)40)17-29(16-26)37(41,42)43/h4-12,15-17,27,30-31H,3,13-14,18-22H2,1-2H3,(H2,44,45,51)/t27-,30-,31+/m0/s1. The molecule has 0 unspecified atom stereocenters. The van der Waals surface area contributed by atoms with Crippen molar-refractivity contribution >= 4 is 23.9 Å². The van der Waals surface area contributed by atoms with Crippen molar-refractivity contribution in [2.24, 2.45) is 5.92 Å². The lowest BCUT2D eigenvalue weighted by atomic mass is 9.91. The Labute approximate surface area is 302 Å². The molecule has 53 heavy (non-hydrogen) atoms. The third kappa shape index (κ3) is 9.59. The minimum atomic E-state index is -5.11. The van der Waals surface area contributed by atoms with E-state index in [0.29, 0.717) is 25.1 Å². The number of halogens is 6. The molecule has 0 radical (unpaired) electrons. The number of aryl methyl sites for hydroxylation is 1. The number of hydrogen-bond acceptors (Lipinski definition) is 5. The van der Waals surface area contributed by atoms with Crippen molar-refractivity contribution in [3.8, 4) is 0 Å². The van der Waals surface area contributed by atoms with Gasteiger partial charge in [0.1, 0.15) is 18.8 Å². The second-order valence-electron chi connectivity index (χ2n) is 13.1. The molecule has 5 amide bonds. The van der Waals surface area contributed by atoms with Crippen LogP contribution in [-0.2, 0) is 46.3 Å². The fourth-order valence-electron chi connectivity index (χ4n) is 6.42. The Balaban J connectivity index is 1.49. The van der Waals surface area contributed by atoms with Crippen LogP contribution < -0.4 is 10.6 Å². The first-order valence-corrected chi connectivity index (χ1v) is 17.0. The maximum absolute atomic E-state index is 14.3. The highest BCUT2D eigenvalue weighted by Crippen LogP contribution is 2.37. The zero-order valence-electron chi connectivity index (χ0n) is 29.0. The Morgan fingerprint density at radius 1 is 0.811 bits per heavy atom. The highest BCUT2D eigenvalue weighted by atomic mass is 19.4. The van der Waals surface area contributed by atoms with Crippen molar-refractivity contribution < 1.29 is 50.3 Å². The van der Waals surface area contributed by atoms with Gasteiger partial charge in [-0.25, -0.2) is 9.59 Å². The number of alkyl halides is 6. The van der Waals surface area contributed by atoms with Crippen molar-refractivity contribution in [2.75, 3.05) is 26.2 Å². The van der Waals surface area contributed by atoms with E-state index in [1.54, 1.807) is 30.3 Å². The summed E-state index contributed by atoms with van der Waals surface area (Å²) in [5.74, 6) is -1.89. The largest absolute Gasteiger partial charge is 0.444 e. The third-order valence-corrected chi connectivity index (χ3v) is 9.07. The average molecular weight is 748 g/mol. The molecule has 3 atom stereocenters. The first-order valence-electron chi connectivity index (χ1n) is 17.0. The molecule has 2 aliphatic rings. The van der Waals surface area contributed by atoms with Crippen LogP contribution in [0.2, 0.25) is 0 Å². The van der Waals surface area contributed by atoms with Crippen LogP contribution in [0, 0.1) is 12.8 Å². The summed E-state index contributed by atoms with van der Waals surface area (Å²) in [4.78, 5) is 58.8. The highest BCUT2D eigenvalue weighted by Gasteiger charge is 2.52. The van der Waals surface area contributed by atoms with E-state index in [2.05, 4.69) is 10.6 Å². The number of hydrogen-bond donors (Lipinski definition) is 2. The van der Waals surface area contributed by atoms with Crippen LogP contribution >= 0.6 is 0 Å². The van der Waals surface area contributed by atoms with Gasteiger partial charge in [-0.1, -0.05) is 67.1 Å². The van der Waals surface area contributed by atoms with Crippen LogP contribution in [0.15, 0.2) is 72.8 Å². The second-order valence-corrected chi connectivity index (χ2v) is 13.1. The van der Waals surface area contributed by atoms with Gasteiger partial charge in [-0.05, 0) is 54.7 Å². The minimum absolute atomic E-state index is 0.0217. The van der Waals surface area contributed by atoms with Gasteiger partial charge in [0.2, 0.25) is 11.8 Å². The van der Waals surface area contributed by atoms with E-state index >= 15 is 0 Å². The van der Waals surface area contributed by atoms with Crippen LogP contribution in [0.5, 0.6) is 0 Å². The molecule has 2 saturated heterocycles. The topological polar surface area (TPSA) is 111 Å². The molecule has 10 nitrogen and oxygen atoms in total. The molecular formula is C37H39F6N5O5. The molecule has 0 bridgehead atoms. The van der Waals surface area contributed by atoms with Crippen LogP contribution in [0.3, 0.4) is 0 Å². The summed E-state index contributed by atoms with van der Waals surface area (Å²) in [6.45, 7) is 2.50. The van der Waals surface area contributed by atoms with Gasteiger partial charge in [-0.3, -0.25) is 14.5 Å². The van der Waals surface area contributed by atoms with Crippen LogP contribution in [0.25, 0.3) is 0 Å². The van der Waals surface area contributed by atoms with Gasteiger partial charge in [0.15, 0.2) is 0 Å². The lowest BCUT2D eigenvalue weighted by Crippen LogP contribution is -2.74. The number of piperazine rings is 1. The molecule has 2 fully saturated rings. The van der Waals surface area contributed by atoms with Crippen molar-refractivity contribution in [3.05, 3.63) is 106 Å². The molecule has 2 heterocycles. The van der Waals surface area contributed by atoms with Crippen LogP contribution in [-0.4, -0.2) is 77.0 Å². The average Bonchev–Trinajstić information content (AvgIpc) is 3.11. The maximum Gasteiger partial charge on any atom is 0.416 e. The minimum Gasteiger partial charge on any atom is -0.444 e. The number of carbonyl (C=O) groups excluding carboxylic acids is 4. The van der Waals surface area contributed by atoms with E-state index in [4.69, 9.17) is 4.74 Å². The molecule has 0 saturated carbocycles. The Kier molecular flexibility index (Phi) is 11.9. The number of nitrogens with one attached hydrogen (secondary N) is 2. The van der Waals surface area contributed by atoms with Gasteiger partial charge >= 0.3 is 24.5 Å². The first kappa shape index (κ1) is 38.9. The van der Waals surface area contributed by atoms with Crippen molar-refractivity contribution in [3.63, 3.8) is 0 Å². The van der Waals surface area contributed by atoms with Gasteiger partial charge in [0, 0.05) is 26.2 Å². The van der Waals surface area contributed by atoms with Crippen LogP contribution in [0.4, 0.5) is 35.9 Å². The Hall–Kier alpha value is -5.28. The van der Waals surface area contributed by atoms with E-state index in [1.807, 2.05) is 38.1 Å². The number of amides is 5. The lowest BCUT2D eigenvalue weighted by Gasteiger charge is -2.53. The molecule has 2 N–H and O–H groups in total. The highest BCUT2D eigenvalue weighted by molar-refractivity contribution is 5.92. The quantitative estimate of drug-likeness (QED) is 0.243. The Morgan fingerprint density at radius 2 is 1.45 bits per heavy atom. The number of carbonyl (C=O) groups is 4. The fourth-order valence-corrected chi connectivity index (χ4v) is 6.42.